The van der Waals surface area contributed by atoms with E-state index >= 15 is 0 Å². The molecule has 1 aromatic carbocycles. The van der Waals surface area contributed by atoms with Crippen molar-refractivity contribution in [3.63, 3.8) is 0 Å². The summed E-state index contributed by atoms with van der Waals surface area (Å²) < 4.78 is 0. The maximum Gasteiger partial charge on any atom is 0.323 e. The topological polar surface area (TPSA) is 77.9 Å². The first kappa shape index (κ1) is 14.9. The second kappa shape index (κ2) is 6.00. The molecule has 1 fully saturated rings. The highest BCUT2D eigenvalue weighted by atomic mass is 32.2. The van der Waals surface area contributed by atoms with Crippen LogP contribution < -0.4 is 4.90 Å². The Morgan fingerprint density at radius 2 is 2.05 bits per heavy atom. The van der Waals surface area contributed by atoms with Crippen molar-refractivity contribution in [2.75, 3.05) is 23.7 Å². The van der Waals surface area contributed by atoms with Crippen LogP contribution in [-0.2, 0) is 14.4 Å². The molecule has 6 nitrogen and oxygen atoms in total. The summed E-state index contributed by atoms with van der Waals surface area (Å²) in [5.41, 5.74) is 0.725. The zero-order chi connectivity index (χ0) is 15.7. The minimum absolute atomic E-state index is 0.00751. The number of nitrogens with zero attached hydrogens (tertiary/aromatic N) is 2. The molecule has 3 rings (SSSR count). The fourth-order valence-electron chi connectivity index (χ4n) is 2.51. The monoisotopic (exact) mass is 320 g/mol. The number of thioether (sulfide) groups is 1. The molecule has 0 spiro atoms. The summed E-state index contributed by atoms with van der Waals surface area (Å²) in [6, 6.07) is 7.45. The summed E-state index contributed by atoms with van der Waals surface area (Å²) in [7, 11) is 0. The number of hydrogen-bond acceptors (Lipinski definition) is 4. The van der Waals surface area contributed by atoms with Crippen molar-refractivity contribution in [3.05, 3.63) is 24.3 Å². The van der Waals surface area contributed by atoms with Crippen LogP contribution in [-0.4, -0.2) is 52.7 Å². The van der Waals surface area contributed by atoms with Crippen LogP contribution in [0.15, 0.2) is 29.2 Å². The average Bonchev–Trinajstić information content (AvgIpc) is 3.32. The lowest BCUT2D eigenvalue weighted by molar-refractivity contribution is -0.144. The number of anilines is 1. The number of benzene rings is 1. The molecule has 7 heteroatoms. The zero-order valence-corrected chi connectivity index (χ0v) is 12.7. The maximum atomic E-state index is 12.4. The number of amides is 2. The van der Waals surface area contributed by atoms with Crippen LogP contribution in [0.5, 0.6) is 0 Å². The lowest BCUT2D eigenvalue weighted by atomic mass is 10.2. The molecular formula is C15H16N2O4S. The minimum atomic E-state index is -1.03. The van der Waals surface area contributed by atoms with E-state index in [4.69, 9.17) is 5.11 Å². The van der Waals surface area contributed by atoms with E-state index in [-0.39, 0.29) is 30.9 Å². The fraction of sp³-hybridized carbons (Fsp3) is 0.400. The van der Waals surface area contributed by atoms with E-state index in [0.29, 0.717) is 5.75 Å². The zero-order valence-electron chi connectivity index (χ0n) is 11.9. The number of hydrogen-bond donors (Lipinski definition) is 1. The summed E-state index contributed by atoms with van der Waals surface area (Å²) in [4.78, 5) is 39.3. The van der Waals surface area contributed by atoms with Crippen LogP contribution in [0.25, 0.3) is 0 Å². The number of carbonyl (C=O) groups is 3. The molecule has 0 saturated heterocycles. The van der Waals surface area contributed by atoms with Crippen LogP contribution in [0.4, 0.5) is 5.69 Å². The van der Waals surface area contributed by atoms with Gasteiger partial charge in [-0.3, -0.25) is 14.4 Å². The molecule has 1 saturated carbocycles. The molecular weight excluding hydrogens is 304 g/mol. The Kier molecular flexibility index (Phi) is 4.06. The maximum absolute atomic E-state index is 12.4. The van der Waals surface area contributed by atoms with Gasteiger partial charge in [0, 0.05) is 10.9 Å². The molecule has 22 heavy (non-hydrogen) atoms. The van der Waals surface area contributed by atoms with Gasteiger partial charge < -0.3 is 14.9 Å². The summed E-state index contributed by atoms with van der Waals surface area (Å²) in [5.74, 6) is -1.16. The van der Waals surface area contributed by atoms with Crippen molar-refractivity contribution in [1.29, 1.82) is 0 Å². The molecule has 1 N–H and O–H groups in total. The second-order valence-electron chi connectivity index (χ2n) is 5.38. The number of carbonyl (C=O) groups excluding carboxylic acids is 2. The quantitative estimate of drug-likeness (QED) is 0.882. The first-order valence-corrected chi connectivity index (χ1v) is 8.08. The Labute approximate surface area is 132 Å². The van der Waals surface area contributed by atoms with Crippen LogP contribution in [0.3, 0.4) is 0 Å². The third-order valence-electron chi connectivity index (χ3n) is 3.72. The normalized spacial score (nSPS) is 17.1. The van der Waals surface area contributed by atoms with Crippen LogP contribution in [0, 0.1) is 0 Å². The molecule has 1 aromatic rings. The van der Waals surface area contributed by atoms with Crippen LogP contribution in [0.1, 0.15) is 12.8 Å². The van der Waals surface area contributed by atoms with Gasteiger partial charge in [0.25, 0.3) is 0 Å². The lowest BCUT2D eigenvalue weighted by Crippen LogP contribution is -2.47. The van der Waals surface area contributed by atoms with Gasteiger partial charge in [0.2, 0.25) is 11.8 Å². The number of para-hydroxylation sites is 1. The Morgan fingerprint density at radius 3 is 2.73 bits per heavy atom. The predicted molar refractivity (Wildman–Crippen MR) is 81.9 cm³/mol. The van der Waals surface area contributed by atoms with Gasteiger partial charge in [-0.05, 0) is 25.0 Å². The lowest BCUT2D eigenvalue weighted by Gasteiger charge is -2.30. The van der Waals surface area contributed by atoms with E-state index in [2.05, 4.69) is 0 Å². The third kappa shape index (κ3) is 3.09. The summed E-state index contributed by atoms with van der Waals surface area (Å²) in [5, 5.41) is 8.95. The van der Waals surface area contributed by atoms with E-state index in [1.165, 1.54) is 21.6 Å². The molecule has 1 aliphatic heterocycles. The van der Waals surface area contributed by atoms with Crippen LogP contribution >= 0.6 is 11.8 Å². The van der Waals surface area contributed by atoms with Gasteiger partial charge in [-0.1, -0.05) is 12.1 Å². The average molecular weight is 320 g/mol. The van der Waals surface area contributed by atoms with Crippen molar-refractivity contribution in [1.82, 2.24) is 4.90 Å². The number of rotatable bonds is 5. The highest BCUT2D eigenvalue weighted by Crippen LogP contribution is 2.35. The molecule has 1 aliphatic carbocycles. The molecule has 2 amide bonds. The van der Waals surface area contributed by atoms with Crippen molar-refractivity contribution in [2.24, 2.45) is 0 Å². The van der Waals surface area contributed by atoms with Gasteiger partial charge in [0.15, 0.2) is 0 Å². The van der Waals surface area contributed by atoms with E-state index in [1.54, 1.807) is 0 Å². The third-order valence-corrected chi connectivity index (χ3v) is 4.76. The largest absolute Gasteiger partial charge is 0.480 e. The summed E-state index contributed by atoms with van der Waals surface area (Å²) >= 11 is 1.46. The molecule has 1 heterocycles. The SMILES string of the molecule is O=C(O)CN(C(=O)CN1C(=O)CSc2ccccc21)C1CC1. The molecule has 0 aromatic heterocycles. The Hall–Kier alpha value is -2.02. The Balaban J connectivity index is 1.78. The van der Waals surface area contributed by atoms with Gasteiger partial charge in [0.1, 0.15) is 13.1 Å². The number of carboxylic acids is 1. The van der Waals surface area contributed by atoms with E-state index in [0.717, 1.165) is 23.4 Å². The predicted octanol–water partition coefficient (Wildman–Crippen LogP) is 1.20. The van der Waals surface area contributed by atoms with Crippen molar-refractivity contribution >= 4 is 35.2 Å². The second-order valence-corrected chi connectivity index (χ2v) is 6.40. The Bertz CT molecular complexity index is 630. The molecule has 0 atom stereocenters. The highest BCUT2D eigenvalue weighted by molar-refractivity contribution is 8.00. The first-order valence-electron chi connectivity index (χ1n) is 7.09. The van der Waals surface area contributed by atoms with Gasteiger partial charge in [0.05, 0.1) is 11.4 Å². The van der Waals surface area contributed by atoms with Gasteiger partial charge in [-0.2, -0.15) is 0 Å². The highest BCUT2D eigenvalue weighted by Gasteiger charge is 2.36. The van der Waals surface area contributed by atoms with Gasteiger partial charge in [-0.25, -0.2) is 0 Å². The molecule has 0 bridgehead atoms. The Morgan fingerprint density at radius 1 is 1.32 bits per heavy atom. The molecule has 0 unspecified atom stereocenters. The standard InChI is InChI=1S/C15H16N2O4S/c18-13(16(8-15(20)21)10-5-6-10)7-17-11-3-1-2-4-12(11)22-9-14(17)19/h1-4,10H,5-9H2,(H,20,21). The number of fused-ring (bicyclic) bond motifs is 1. The number of aliphatic carboxylic acids is 1. The van der Waals surface area contributed by atoms with E-state index < -0.39 is 5.97 Å². The first-order chi connectivity index (χ1) is 10.6. The van der Waals surface area contributed by atoms with Crippen LogP contribution in [0.2, 0.25) is 0 Å². The van der Waals surface area contributed by atoms with Crippen molar-refractivity contribution in [3.8, 4) is 0 Å². The van der Waals surface area contributed by atoms with Gasteiger partial charge >= 0.3 is 5.97 Å². The molecule has 0 radical (unpaired) electrons. The van der Waals surface area contributed by atoms with Gasteiger partial charge in [-0.15, -0.1) is 11.8 Å². The van der Waals surface area contributed by atoms with E-state index in [9.17, 15) is 14.4 Å². The molecule has 116 valence electrons. The fourth-order valence-corrected chi connectivity index (χ4v) is 3.44. The van der Waals surface area contributed by atoms with E-state index in [1.807, 2.05) is 24.3 Å². The smallest absolute Gasteiger partial charge is 0.323 e. The summed E-state index contributed by atoms with van der Waals surface area (Å²) in [6.45, 7) is -0.401. The number of carboxylic acid groups (broad SMARTS) is 1. The van der Waals surface area contributed by atoms with Crippen molar-refractivity contribution in [2.45, 2.75) is 23.8 Å². The van der Waals surface area contributed by atoms with Crippen molar-refractivity contribution < 1.29 is 19.5 Å². The minimum Gasteiger partial charge on any atom is -0.480 e. The summed E-state index contributed by atoms with van der Waals surface area (Å²) in [6.07, 6.45) is 1.67. The molecule has 2 aliphatic rings.